The molecule has 172 valence electrons. The van der Waals surface area contributed by atoms with Gasteiger partial charge in [0.1, 0.15) is 11.5 Å². The molecular formula is C25H22N4O4S. The van der Waals surface area contributed by atoms with E-state index < -0.39 is 0 Å². The average Bonchev–Trinajstić information content (AvgIpc) is 2.86. The maximum atomic E-state index is 13.3. The maximum absolute atomic E-state index is 13.3. The third-order valence-corrected chi connectivity index (χ3v) is 5.99. The van der Waals surface area contributed by atoms with Crippen LogP contribution in [0.5, 0.6) is 11.5 Å². The number of hydrogen-bond donors (Lipinski definition) is 2. The number of ether oxygens (including phenoxy) is 1. The van der Waals surface area contributed by atoms with Gasteiger partial charge in [-0.15, -0.1) is 0 Å². The summed E-state index contributed by atoms with van der Waals surface area (Å²) in [5, 5.41) is 14.9. The Balaban J connectivity index is 1.59. The number of para-hydroxylation sites is 2. The number of rotatable bonds is 7. The van der Waals surface area contributed by atoms with Crippen molar-refractivity contribution in [1.82, 2.24) is 15.0 Å². The van der Waals surface area contributed by atoms with E-state index in [0.29, 0.717) is 38.8 Å². The predicted octanol–water partition coefficient (Wildman–Crippen LogP) is 3.73. The molecule has 4 aromatic rings. The fourth-order valence-corrected chi connectivity index (χ4v) is 4.12. The lowest BCUT2D eigenvalue weighted by Gasteiger charge is -2.13. The molecule has 2 N–H and O–H groups in total. The molecule has 8 nitrogen and oxygen atoms in total. The minimum Gasteiger partial charge on any atom is -0.507 e. The Morgan fingerprint density at radius 2 is 1.79 bits per heavy atom. The summed E-state index contributed by atoms with van der Waals surface area (Å²) in [6.07, 6.45) is 0. The van der Waals surface area contributed by atoms with E-state index in [0.717, 1.165) is 11.8 Å². The van der Waals surface area contributed by atoms with Crippen molar-refractivity contribution in [3.8, 4) is 17.2 Å². The highest BCUT2D eigenvalue weighted by Crippen LogP contribution is 2.23. The fraction of sp³-hybridized carbons (Fsp3) is 0.120. The minimum absolute atomic E-state index is 0.0154. The first-order valence-corrected chi connectivity index (χ1v) is 11.4. The van der Waals surface area contributed by atoms with Gasteiger partial charge in [0.05, 0.1) is 35.2 Å². The first-order valence-electron chi connectivity index (χ1n) is 10.4. The second kappa shape index (κ2) is 10.2. The molecule has 9 heteroatoms. The van der Waals surface area contributed by atoms with Gasteiger partial charge in [0.25, 0.3) is 11.5 Å². The molecule has 0 unspecified atom stereocenters. The molecule has 0 aliphatic heterocycles. The largest absolute Gasteiger partial charge is 0.507 e. The van der Waals surface area contributed by atoms with Crippen LogP contribution in [0.25, 0.3) is 16.6 Å². The van der Waals surface area contributed by atoms with Crippen LogP contribution in [0.3, 0.4) is 0 Å². The molecule has 0 aliphatic rings. The van der Waals surface area contributed by atoms with Crippen molar-refractivity contribution >= 4 is 34.3 Å². The number of hydrogen-bond acceptors (Lipinski definition) is 7. The Bertz CT molecular complexity index is 1430. The second-order valence-electron chi connectivity index (χ2n) is 7.29. The summed E-state index contributed by atoms with van der Waals surface area (Å²) in [4.78, 5) is 30.4. The first kappa shape index (κ1) is 23.1. The van der Waals surface area contributed by atoms with Gasteiger partial charge in [-0.05, 0) is 55.5 Å². The lowest BCUT2D eigenvalue weighted by Crippen LogP contribution is -2.24. The summed E-state index contributed by atoms with van der Waals surface area (Å²) in [6.45, 7) is 1.69. The van der Waals surface area contributed by atoms with Gasteiger partial charge in [0.15, 0.2) is 5.16 Å². The number of nitrogens with zero attached hydrogens (tertiary/aromatic N) is 3. The molecule has 1 aromatic heterocycles. The van der Waals surface area contributed by atoms with Gasteiger partial charge in [-0.1, -0.05) is 36.0 Å². The van der Waals surface area contributed by atoms with Gasteiger partial charge in [0, 0.05) is 5.56 Å². The van der Waals surface area contributed by atoms with Gasteiger partial charge < -0.3 is 9.84 Å². The van der Waals surface area contributed by atoms with Gasteiger partial charge >= 0.3 is 0 Å². The molecule has 0 aliphatic carbocycles. The van der Waals surface area contributed by atoms with E-state index in [1.54, 1.807) is 80.8 Å². The number of carbonyl (C=O) groups is 1. The van der Waals surface area contributed by atoms with Crippen molar-refractivity contribution in [3.63, 3.8) is 0 Å². The average molecular weight is 475 g/mol. The number of fused-ring (bicyclic) bond motifs is 1. The smallest absolute Gasteiger partial charge is 0.266 e. The van der Waals surface area contributed by atoms with E-state index in [9.17, 15) is 14.7 Å². The Kier molecular flexibility index (Phi) is 6.93. The van der Waals surface area contributed by atoms with Crippen molar-refractivity contribution < 1.29 is 14.6 Å². The first-order chi connectivity index (χ1) is 16.5. The topological polar surface area (TPSA) is 106 Å². The number of nitrogens with one attached hydrogen (secondary N) is 1. The van der Waals surface area contributed by atoms with Crippen LogP contribution in [-0.4, -0.2) is 39.1 Å². The Hall–Kier alpha value is -4.11. The van der Waals surface area contributed by atoms with Crippen LogP contribution in [0.4, 0.5) is 0 Å². The SMILES string of the molecule is COc1ccc(-n2c(SCC(=O)N/N=C(\C)c3ccccc3O)nc3ccccc3c2=O)cc1. The van der Waals surface area contributed by atoms with E-state index >= 15 is 0 Å². The number of phenols is 1. The molecule has 3 aromatic carbocycles. The van der Waals surface area contributed by atoms with Gasteiger partial charge in [-0.25, -0.2) is 10.4 Å². The van der Waals surface area contributed by atoms with Crippen molar-refractivity contribution in [2.45, 2.75) is 12.1 Å². The fourth-order valence-electron chi connectivity index (χ4n) is 3.32. The monoisotopic (exact) mass is 474 g/mol. The number of aromatic nitrogens is 2. The van der Waals surface area contributed by atoms with Crippen LogP contribution in [0, 0.1) is 0 Å². The molecule has 34 heavy (non-hydrogen) atoms. The summed E-state index contributed by atoms with van der Waals surface area (Å²) in [5.41, 5.74) is 4.42. The quantitative estimate of drug-likeness (QED) is 0.183. The second-order valence-corrected chi connectivity index (χ2v) is 8.23. The number of carbonyl (C=O) groups excluding carboxylic acids is 1. The van der Waals surface area contributed by atoms with Crippen molar-refractivity contribution in [3.05, 3.63) is 88.7 Å². The number of methoxy groups -OCH3 is 1. The van der Waals surface area contributed by atoms with Gasteiger partial charge in [0.2, 0.25) is 0 Å². The Labute approximate surface area is 199 Å². The van der Waals surface area contributed by atoms with Crippen LogP contribution in [0.15, 0.2) is 87.8 Å². The highest BCUT2D eigenvalue weighted by molar-refractivity contribution is 7.99. The van der Waals surface area contributed by atoms with Crippen LogP contribution in [0.1, 0.15) is 12.5 Å². The lowest BCUT2D eigenvalue weighted by atomic mass is 10.1. The third-order valence-electron chi connectivity index (χ3n) is 5.05. The molecule has 0 saturated heterocycles. The molecule has 1 amide bonds. The zero-order valence-electron chi connectivity index (χ0n) is 18.6. The summed E-state index contributed by atoms with van der Waals surface area (Å²) < 4.78 is 6.69. The number of amides is 1. The molecule has 0 fully saturated rings. The normalized spacial score (nSPS) is 11.4. The Morgan fingerprint density at radius 1 is 1.09 bits per heavy atom. The number of thioether (sulfide) groups is 1. The van der Waals surface area contributed by atoms with Crippen LogP contribution < -0.4 is 15.7 Å². The number of aromatic hydroxyl groups is 1. The summed E-state index contributed by atoms with van der Waals surface area (Å²) in [5.74, 6) is 0.356. The summed E-state index contributed by atoms with van der Waals surface area (Å²) in [7, 11) is 1.57. The van der Waals surface area contributed by atoms with E-state index in [1.807, 2.05) is 6.07 Å². The third kappa shape index (κ3) is 4.94. The molecule has 0 spiro atoms. The lowest BCUT2D eigenvalue weighted by molar-refractivity contribution is -0.118. The van der Waals surface area contributed by atoms with Crippen molar-refractivity contribution in [2.75, 3.05) is 12.9 Å². The number of phenolic OH excluding ortho intramolecular Hbond substituents is 1. The summed E-state index contributed by atoms with van der Waals surface area (Å²) >= 11 is 1.13. The van der Waals surface area contributed by atoms with Crippen LogP contribution in [-0.2, 0) is 4.79 Å². The number of benzene rings is 3. The van der Waals surface area contributed by atoms with Crippen LogP contribution >= 0.6 is 11.8 Å². The van der Waals surface area contributed by atoms with E-state index in [2.05, 4.69) is 15.5 Å². The molecule has 1 heterocycles. The van der Waals surface area contributed by atoms with Crippen molar-refractivity contribution in [2.24, 2.45) is 5.10 Å². The van der Waals surface area contributed by atoms with Gasteiger partial charge in [-0.3, -0.25) is 14.2 Å². The van der Waals surface area contributed by atoms with Crippen LogP contribution in [0.2, 0.25) is 0 Å². The standard InChI is InChI=1S/C25H22N4O4S/c1-16(19-7-4-6-10-22(19)30)27-28-23(31)15-34-25-26-21-9-5-3-8-20(21)24(32)29(25)17-11-13-18(33-2)14-12-17/h3-14,30H,15H2,1-2H3,(H,28,31)/b27-16+. The molecule has 4 rings (SSSR count). The number of hydrazone groups is 1. The molecular weight excluding hydrogens is 452 g/mol. The molecule has 0 radical (unpaired) electrons. The highest BCUT2D eigenvalue weighted by Gasteiger charge is 2.15. The molecule has 0 bridgehead atoms. The van der Waals surface area contributed by atoms with Crippen molar-refractivity contribution in [1.29, 1.82) is 0 Å². The predicted molar refractivity (Wildman–Crippen MR) is 133 cm³/mol. The Morgan fingerprint density at radius 3 is 2.53 bits per heavy atom. The summed E-state index contributed by atoms with van der Waals surface area (Å²) in [6, 6.07) is 20.9. The molecule has 0 saturated carbocycles. The maximum Gasteiger partial charge on any atom is 0.266 e. The van der Waals surface area contributed by atoms with E-state index in [1.165, 1.54) is 4.57 Å². The minimum atomic E-state index is -0.372. The van der Waals surface area contributed by atoms with Gasteiger partial charge in [-0.2, -0.15) is 5.10 Å². The zero-order chi connectivity index (χ0) is 24.1. The van der Waals surface area contributed by atoms with E-state index in [-0.39, 0.29) is 23.0 Å². The molecule has 0 atom stereocenters. The highest BCUT2D eigenvalue weighted by atomic mass is 32.2. The van der Waals surface area contributed by atoms with E-state index in [4.69, 9.17) is 4.74 Å². The zero-order valence-corrected chi connectivity index (χ0v) is 19.4.